The lowest BCUT2D eigenvalue weighted by Gasteiger charge is -2.10. The lowest BCUT2D eigenvalue weighted by molar-refractivity contribution is 0.264. The number of nitrogens with one attached hydrogen (secondary N) is 3. The summed E-state index contributed by atoms with van der Waals surface area (Å²) in [6, 6.07) is 7.71. The fourth-order valence-electron chi connectivity index (χ4n) is 1.47. The zero-order valence-electron chi connectivity index (χ0n) is 9.19. The minimum Gasteiger partial charge on any atom is -0.379 e. The normalized spacial score (nSPS) is 10.2. The van der Waals surface area contributed by atoms with Gasteiger partial charge in [0.25, 0.3) is 0 Å². The van der Waals surface area contributed by atoms with E-state index in [0.29, 0.717) is 18.2 Å². The molecule has 0 aliphatic heterocycles. The molecule has 5 nitrogen and oxygen atoms in total. The van der Waals surface area contributed by atoms with Crippen LogP contribution >= 0.6 is 12.2 Å². The minimum absolute atomic E-state index is 0.419. The number of nitrogens with two attached hydrogens (primary N) is 1. The Balaban J connectivity index is 1.99. The van der Waals surface area contributed by atoms with E-state index in [1.54, 1.807) is 0 Å². The molecule has 5 N–H and O–H groups in total. The molecule has 0 aliphatic carbocycles. The second-order valence-electron chi connectivity index (χ2n) is 3.44. The molecule has 1 aromatic carbocycles. The molecule has 0 fully saturated rings. The molecule has 90 valence electrons. The summed E-state index contributed by atoms with van der Waals surface area (Å²) in [5.74, 6) is 0.723. The van der Waals surface area contributed by atoms with Crippen molar-refractivity contribution in [3.05, 3.63) is 30.5 Å². The maximum absolute atomic E-state index is 5.42. The summed E-state index contributed by atoms with van der Waals surface area (Å²) in [5.41, 5.74) is 9.03. The number of hydrogen-bond acceptors (Lipinski definition) is 3. The zero-order valence-corrected chi connectivity index (χ0v) is 10.0. The van der Waals surface area contributed by atoms with E-state index in [1.165, 1.54) is 0 Å². The second kappa shape index (κ2) is 5.51. The molecular weight excluding hydrogens is 236 g/mol. The molecular formula is C11H14N4OS. The van der Waals surface area contributed by atoms with Gasteiger partial charge in [-0.05, 0) is 30.4 Å². The number of aromatic nitrogens is 1. The molecule has 0 spiro atoms. The SMILES string of the molecule is NCCNC(=S)NOc1cccc2[nH]ccc12. The highest BCUT2D eigenvalue weighted by molar-refractivity contribution is 7.80. The molecule has 0 atom stereocenters. The number of hydrogen-bond donors (Lipinski definition) is 4. The first-order valence-corrected chi connectivity index (χ1v) is 5.69. The first-order chi connectivity index (χ1) is 8.31. The maximum atomic E-state index is 5.42. The summed E-state index contributed by atoms with van der Waals surface area (Å²) in [6.07, 6.45) is 1.86. The van der Waals surface area contributed by atoms with Crippen LogP contribution < -0.4 is 21.4 Å². The molecule has 0 aliphatic rings. The minimum atomic E-state index is 0.419. The van der Waals surface area contributed by atoms with Gasteiger partial charge in [0.2, 0.25) is 0 Å². The van der Waals surface area contributed by atoms with Crippen molar-refractivity contribution in [3.8, 4) is 5.75 Å². The van der Waals surface area contributed by atoms with Crippen molar-refractivity contribution < 1.29 is 4.84 Å². The summed E-state index contributed by atoms with van der Waals surface area (Å²) < 4.78 is 0. The number of rotatable bonds is 4. The molecule has 0 radical (unpaired) electrons. The van der Waals surface area contributed by atoms with Crippen LogP contribution in [-0.4, -0.2) is 23.2 Å². The predicted octanol–water partition coefficient (Wildman–Crippen LogP) is 0.884. The number of H-pyrrole nitrogens is 1. The van der Waals surface area contributed by atoms with Gasteiger partial charge >= 0.3 is 0 Å². The Morgan fingerprint density at radius 3 is 3.12 bits per heavy atom. The van der Waals surface area contributed by atoms with Crippen LogP contribution in [0.3, 0.4) is 0 Å². The van der Waals surface area contributed by atoms with Gasteiger partial charge in [-0.3, -0.25) is 0 Å². The van der Waals surface area contributed by atoms with E-state index >= 15 is 0 Å². The smallest absolute Gasteiger partial charge is 0.199 e. The lowest BCUT2D eigenvalue weighted by atomic mass is 10.2. The van der Waals surface area contributed by atoms with Crippen LogP contribution in [0.25, 0.3) is 10.9 Å². The van der Waals surface area contributed by atoms with Crippen molar-refractivity contribution in [2.45, 2.75) is 0 Å². The largest absolute Gasteiger partial charge is 0.379 e. The Morgan fingerprint density at radius 2 is 2.29 bits per heavy atom. The van der Waals surface area contributed by atoms with Crippen molar-refractivity contribution >= 4 is 28.2 Å². The third kappa shape index (κ3) is 2.86. The molecule has 1 heterocycles. The Bertz CT molecular complexity index is 511. The van der Waals surface area contributed by atoms with Gasteiger partial charge in [0.15, 0.2) is 10.9 Å². The van der Waals surface area contributed by atoms with Crippen LogP contribution in [0.15, 0.2) is 30.5 Å². The quantitative estimate of drug-likeness (QED) is 0.479. The Morgan fingerprint density at radius 1 is 1.41 bits per heavy atom. The number of benzene rings is 1. The van der Waals surface area contributed by atoms with Crippen molar-refractivity contribution in [1.29, 1.82) is 0 Å². The molecule has 0 bridgehead atoms. The molecule has 6 heteroatoms. The van der Waals surface area contributed by atoms with Gasteiger partial charge in [0, 0.05) is 30.2 Å². The maximum Gasteiger partial charge on any atom is 0.199 e. The summed E-state index contributed by atoms with van der Waals surface area (Å²) in [6.45, 7) is 1.14. The predicted molar refractivity (Wildman–Crippen MR) is 71.7 cm³/mol. The first kappa shape index (κ1) is 11.7. The highest BCUT2D eigenvalue weighted by Crippen LogP contribution is 2.23. The third-order valence-corrected chi connectivity index (χ3v) is 2.47. The third-order valence-electron chi connectivity index (χ3n) is 2.24. The average molecular weight is 250 g/mol. The first-order valence-electron chi connectivity index (χ1n) is 5.28. The van der Waals surface area contributed by atoms with Gasteiger partial charge < -0.3 is 20.9 Å². The fourth-order valence-corrected chi connectivity index (χ4v) is 1.61. The number of thiocarbonyl (C=S) groups is 1. The number of fused-ring (bicyclic) bond motifs is 1. The van der Waals surface area contributed by atoms with E-state index in [0.717, 1.165) is 16.7 Å². The van der Waals surface area contributed by atoms with E-state index < -0.39 is 0 Å². The van der Waals surface area contributed by atoms with E-state index in [9.17, 15) is 0 Å². The summed E-state index contributed by atoms with van der Waals surface area (Å²) in [7, 11) is 0. The molecule has 2 rings (SSSR count). The Labute approximate surface area is 104 Å². The number of aromatic amines is 1. The van der Waals surface area contributed by atoms with Gasteiger partial charge in [-0.25, -0.2) is 0 Å². The van der Waals surface area contributed by atoms with Gasteiger partial charge in [0.05, 0.1) is 0 Å². The Hall–Kier alpha value is -1.79. The molecule has 0 saturated carbocycles. The molecule has 17 heavy (non-hydrogen) atoms. The standard InChI is InChI=1S/C11H14N4OS/c12-5-7-14-11(17)15-16-10-3-1-2-9-8(10)4-6-13-9/h1-4,6,13H,5,7,12H2,(H2,14,15,17). The van der Waals surface area contributed by atoms with E-state index in [-0.39, 0.29) is 0 Å². The van der Waals surface area contributed by atoms with Crippen molar-refractivity contribution in [3.63, 3.8) is 0 Å². The second-order valence-corrected chi connectivity index (χ2v) is 3.85. The molecule has 0 saturated heterocycles. The van der Waals surface area contributed by atoms with Gasteiger partial charge in [-0.2, -0.15) is 5.48 Å². The van der Waals surface area contributed by atoms with Crippen molar-refractivity contribution in [2.24, 2.45) is 5.73 Å². The van der Waals surface area contributed by atoms with Crippen LogP contribution in [0.2, 0.25) is 0 Å². The van der Waals surface area contributed by atoms with Crippen LogP contribution in [-0.2, 0) is 0 Å². The van der Waals surface area contributed by atoms with Gasteiger partial charge in [-0.1, -0.05) is 6.07 Å². The van der Waals surface area contributed by atoms with Crippen molar-refractivity contribution in [1.82, 2.24) is 15.8 Å². The summed E-state index contributed by atoms with van der Waals surface area (Å²) in [5, 5.41) is 4.33. The zero-order chi connectivity index (χ0) is 12.1. The lowest BCUT2D eigenvalue weighted by Crippen LogP contribution is -2.39. The van der Waals surface area contributed by atoms with E-state index in [2.05, 4.69) is 15.8 Å². The van der Waals surface area contributed by atoms with Gasteiger partial charge in [-0.15, -0.1) is 0 Å². The summed E-state index contributed by atoms with van der Waals surface area (Å²) in [4.78, 5) is 8.53. The van der Waals surface area contributed by atoms with Crippen molar-refractivity contribution in [2.75, 3.05) is 13.1 Å². The number of hydroxylamine groups is 1. The van der Waals surface area contributed by atoms with Crippen LogP contribution in [0.1, 0.15) is 0 Å². The Kier molecular flexibility index (Phi) is 3.79. The van der Waals surface area contributed by atoms with E-state index in [4.69, 9.17) is 22.8 Å². The topological polar surface area (TPSA) is 75.1 Å². The molecule has 1 aromatic heterocycles. The monoisotopic (exact) mass is 250 g/mol. The fraction of sp³-hybridized carbons (Fsp3) is 0.182. The van der Waals surface area contributed by atoms with E-state index in [1.807, 2.05) is 30.5 Å². The highest BCUT2D eigenvalue weighted by atomic mass is 32.1. The van der Waals surface area contributed by atoms with Crippen LogP contribution in [0.4, 0.5) is 0 Å². The molecule has 0 unspecified atom stereocenters. The molecule has 0 amide bonds. The van der Waals surface area contributed by atoms with Crippen LogP contribution in [0, 0.1) is 0 Å². The van der Waals surface area contributed by atoms with Crippen LogP contribution in [0.5, 0.6) is 5.75 Å². The summed E-state index contributed by atoms with van der Waals surface area (Å²) >= 11 is 5.01. The average Bonchev–Trinajstić information content (AvgIpc) is 2.82. The highest BCUT2D eigenvalue weighted by Gasteiger charge is 2.03. The van der Waals surface area contributed by atoms with Gasteiger partial charge in [0.1, 0.15) is 0 Å². The molecule has 2 aromatic rings.